The molecule has 7 nitrogen and oxygen atoms in total. The van der Waals surface area contributed by atoms with E-state index >= 15 is 0 Å². The fraction of sp³-hybridized carbons (Fsp3) is 0.625. The van der Waals surface area contributed by atoms with Crippen molar-refractivity contribution < 1.29 is 33.7 Å². The van der Waals surface area contributed by atoms with Gasteiger partial charge in [0.2, 0.25) is 0 Å². The number of hydrogen-bond acceptors (Lipinski definition) is 7. The van der Waals surface area contributed by atoms with Crippen LogP contribution >= 0.6 is 0 Å². The first-order valence-electron chi connectivity index (χ1n) is 4.28. The van der Waals surface area contributed by atoms with E-state index in [-0.39, 0.29) is 6.61 Å². The highest BCUT2D eigenvalue weighted by Gasteiger charge is 2.21. The van der Waals surface area contributed by atoms with E-state index in [1.54, 1.807) is 0 Å². The predicted molar refractivity (Wildman–Crippen MR) is 45.5 cm³/mol. The van der Waals surface area contributed by atoms with E-state index in [9.17, 15) is 14.4 Å². The summed E-state index contributed by atoms with van der Waals surface area (Å²) in [6.07, 6.45) is 0.182. The summed E-state index contributed by atoms with van der Waals surface area (Å²) in [6.45, 7) is 1.04. The molecule has 0 rings (SSSR count). The van der Waals surface area contributed by atoms with E-state index in [1.807, 2.05) is 6.92 Å². The van der Waals surface area contributed by atoms with Crippen LogP contribution in [0.5, 0.6) is 0 Å². The Bertz CT molecular complexity index is 235. The number of rotatable bonds is 4. The van der Waals surface area contributed by atoms with Crippen LogP contribution in [0.2, 0.25) is 0 Å². The van der Waals surface area contributed by atoms with Gasteiger partial charge in [0.15, 0.2) is 6.79 Å². The normalized spacial score (nSPS) is 9.20. The Morgan fingerprint density at radius 1 is 1.13 bits per heavy atom. The van der Waals surface area contributed by atoms with Crippen molar-refractivity contribution in [2.45, 2.75) is 19.8 Å². The van der Waals surface area contributed by atoms with Gasteiger partial charge in [-0.15, -0.1) is 0 Å². The third-order valence-corrected chi connectivity index (χ3v) is 1.26. The van der Waals surface area contributed by atoms with Crippen molar-refractivity contribution in [1.82, 2.24) is 0 Å². The predicted octanol–water partition coefficient (Wildman–Crippen LogP) is -0.0407. The number of aliphatic hydroxyl groups excluding tert-OH is 1. The Kier molecular flexibility index (Phi) is 6.90. The minimum atomic E-state index is -1.52. The topological polar surface area (TPSA) is 99.1 Å². The molecule has 0 amide bonds. The zero-order chi connectivity index (χ0) is 11.7. The van der Waals surface area contributed by atoms with Crippen molar-refractivity contribution in [3.8, 4) is 0 Å². The molecule has 0 aromatic rings. The van der Waals surface area contributed by atoms with Crippen molar-refractivity contribution in [2.75, 3.05) is 13.4 Å². The second-order valence-electron chi connectivity index (χ2n) is 2.40. The lowest BCUT2D eigenvalue weighted by Gasteiger charge is -2.03. The Hall–Kier alpha value is -1.63. The molecule has 7 heteroatoms. The molecular weight excluding hydrogens is 208 g/mol. The molecule has 0 spiro atoms. The first kappa shape index (κ1) is 13.4. The number of carbonyl (C=O) groups excluding carboxylic acids is 3. The van der Waals surface area contributed by atoms with Crippen LogP contribution in [0, 0.1) is 0 Å². The van der Waals surface area contributed by atoms with Gasteiger partial charge in [0.05, 0.1) is 6.61 Å². The molecule has 0 heterocycles. The number of hydrogen-bond donors (Lipinski definition) is 1. The summed E-state index contributed by atoms with van der Waals surface area (Å²) in [5.41, 5.74) is 0. The van der Waals surface area contributed by atoms with Crippen LogP contribution in [0.3, 0.4) is 0 Å². The van der Waals surface area contributed by atoms with E-state index in [0.29, 0.717) is 6.42 Å². The quantitative estimate of drug-likeness (QED) is 0.233. The van der Waals surface area contributed by atoms with E-state index in [2.05, 4.69) is 14.2 Å². The molecule has 0 aromatic heterocycles. The second kappa shape index (κ2) is 7.74. The molecule has 0 atom stereocenters. The Balaban J connectivity index is 3.76. The zero-order valence-electron chi connectivity index (χ0n) is 8.23. The molecule has 86 valence electrons. The molecule has 15 heavy (non-hydrogen) atoms. The zero-order valence-corrected chi connectivity index (χ0v) is 8.23. The third-order valence-electron chi connectivity index (χ3n) is 1.26. The smallest absolute Gasteiger partial charge is 0.434 e. The number of carbonyl (C=O) groups is 3. The summed E-state index contributed by atoms with van der Waals surface area (Å²) in [5, 5.41) is 8.13. The summed E-state index contributed by atoms with van der Waals surface area (Å²) in [6, 6.07) is 0. The molecule has 0 fully saturated rings. The molecule has 0 saturated heterocycles. The van der Waals surface area contributed by atoms with Crippen LogP contribution in [-0.4, -0.2) is 36.6 Å². The van der Waals surface area contributed by atoms with Gasteiger partial charge in [0.25, 0.3) is 0 Å². The van der Waals surface area contributed by atoms with Crippen molar-refractivity contribution in [1.29, 1.82) is 0 Å². The largest absolute Gasteiger partial charge is 0.516 e. The highest BCUT2D eigenvalue weighted by molar-refractivity contribution is 6.31. The first-order chi connectivity index (χ1) is 7.11. The molecule has 0 radical (unpaired) electrons. The van der Waals surface area contributed by atoms with E-state index in [4.69, 9.17) is 5.11 Å². The molecular formula is C8H12O7. The highest BCUT2D eigenvalue weighted by Crippen LogP contribution is 1.93. The van der Waals surface area contributed by atoms with Gasteiger partial charge >= 0.3 is 18.1 Å². The van der Waals surface area contributed by atoms with Gasteiger partial charge in [-0.1, -0.05) is 13.3 Å². The van der Waals surface area contributed by atoms with Crippen LogP contribution in [0.15, 0.2) is 0 Å². The van der Waals surface area contributed by atoms with Crippen LogP contribution in [0.1, 0.15) is 19.8 Å². The molecule has 0 aliphatic heterocycles. The second-order valence-corrected chi connectivity index (χ2v) is 2.40. The molecule has 0 unspecified atom stereocenters. The van der Waals surface area contributed by atoms with Crippen LogP contribution in [0.25, 0.3) is 0 Å². The molecule has 1 N–H and O–H groups in total. The monoisotopic (exact) mass is 220 g/mol. The van der Waals surface area contributed by atoms with Gasteiger partial charge in [-0.25, -0.2) is 14.4 Å². The van der Waals surface area contributed by atoms with Crippen molar-refractivity contribution in [3.05, 3.63) is 0 Å². The Morgan fingerprint density at radius 2 is 1.80 bits per heavy atom. The molecule has 0 bridgehead atoms. The lowest BCUT2D eigenvalue weighted by Crippen LogP contribution is -2.24. The van der Waals surface area contributed by atoms with Gasteiger partial charge in [-0.3, -0.25) is 0 Å². The van der Waals surface area contributed by atoms with Gasteiger partial charge < -0.3 is 19.3 Å². The molecule has 0 aliphatic rings. The fourth-order valence-electron chi connectivity index (χ4n) is 0.564. The Labute approximate surface area is 85.9 Å². The maximum atomic E-state index is 10.7. The van der Waals surface area contributed by atoms with Crippen molar-refractivity contribution in [2.24, 2.45) is 0 Å². The molecule has 0 aromatic carbocycles. The lowest BCUT2D eigenvalue weighted by atomic mass is 10.4. The number of unbranched alkanes of at least 4 members (excludes halogenated alkanes) is 1. The maximum absolute atomic E-state index is 10.7. The summed E-state index contributed by atoms with van der Waals surface area (Å²) in [5.74, 6) is -2.98. The highest BCUT2D eigenvalue weighted by atomic mass is 16.8. The van der Waals surface area contributed by atoms with Gasteiger partial charge in [0.1, 0.15) is 0 Å². The van der Waals surface area contributed by atoms with Crippen LogP contribution in [0.4, 0.5) is 4.79 Å². The van der Waals surface area contributed by atoms with Crippen LogP contribution in [-0.2, 0) is 23.8 Å². The molecule has 0 saturated carbocycles. The van der Waals surface area contributed by atoms with Gasteiger partial charge in [-0.2, -0.15) is 0 Å². The number of aliphatic hydroxyl groups is 1. The summed E-state index contributed by atoms with van der Waals surface area (Å²) in [7, 11) is 0. The number of ether oxygens (including phenoxy) is 3. The van der Waals surface area contributed by atoms with Crippen molar-refractivity contribution >= 4 is 18.1 Å². The minimum absolute atomic E-state index is 0.109. The minimum Gasteiger partial charge on any atom is -0.434 e. The van der Waals surface area contributed by atoms with Crippen molar-refractivity contribution in [3.63, 3.8) is 0 Å². The fourth-order valence-corrected chi connectivity index (χ4v) is 0.564. The third kappa shape index (κ3) is 6.44. The van der Waals surface area contributed by atoms with Crippen LogP contribution < -0.4 is 0 Å². The average Bonchev–Trinajstić information content (AvgIpc) is 2.18. The van der Waals surface area contributed by atoms with Gasteiger partial charge in [-0.05, 0) is 6.42 Å². The summed E-state index contributed by atoms with van der Waals surface area (Å²) < 4.78 is 12.2. The summed E-state index contributed by atoms with van der Waals surface area (Å²) >= 11 is 0. The maximum Gasteiger partial charge on any atom is 0.516 e. The van der Waals surface area contributed by atoms with Gasteiger partial charge in [0, 0.05) is 0 Å². The standard InChI is InChI=1S/C8H12O7/c1-2-3-4-13-8(12)15-7(11)6(10)14-5-9/h9H,2-5H2,1H3. The van der Waals surface area contributed by atoms with E-state index < -0.39 is 24.9 Å². The Morgan fingerprint density at radius 3 is 2.33 bits per heavy atom. The number of esters is 2. The first-order valence-corrected chi connectivity index (χ1v) is 4.28. The van der Waals surface area contributed by atoms with E-state index in [1.165, 1.54) is 0 Å². The van der Waals surface area contributed by atoms with E-state index in [0.717, 1.165) is 6.42 Å². The summed E-state index contributed by atoms with van der Waals surface area (Å²) in [4.78, 5) is 31.9. The SMILES string of the molecule is CCCCOC(=O)OC(=O)C(=O)OCO. The lowest BCUT2D eigenvalue weighted by molar-refractivity contribution is -0.170. The molecule has 0 aliphatic carbocycles. The average molecular weight is 220 g/mol.